The number of aromatic nitrogens is 2. The SMILES string of the molecule is CC(C)CS(=O)(=O)C1CCN(C(=O)c2ccc3nc[nH]c3c2)CC1. The maximum atomic E-state index is 12.6. The molecule has 0 radical (unpaired) electrons. The van der Waals surface area contributed by atoms with Crippen LogP contribution < -0.4 is 0 Å². The van der Waals surface area contributed by atoms with Crippen molar-refractivity contribution in [3.63, 3.8) is 0 Å². The number of imidazole rings is 1. The van der Waals surface area contributed by atoms with Crippen LogP contribution in [0.25, 0.3) is 11.0 Å². The second-order valence-corrected chi connectivity index (χ2v) is 9.18. The molecule has 1 N–H and O–H groups in total. The smallest absolute Gasteiger partial charge is 0.253 e. The molecule has 7 heteroatoms. The Morgan fingerprint density at radius 1 is 1.33 bits per heavy atom. The van der Waals surface area contributed by atoms with Crippen molar-refractivity contribution in [3.8, 4) is 0 Å². The largest absolute Gasteiger partial charge is 0.345 e. The molecule has 1 amide bonds. The number of amides is 1. The summed E-state index contributed by atoms with van der Waals surface area (Å²) in [5.74, 6) is 0.309. The van der Waals surface area contributed by atoms with Gasteiger partial charge in [-0.1, -0.05) is 13.8 Å². The van der Waals surface area contributed by atoms with E-state index in [1.54, 1.807) is 23.4 Å². The molecule has 130 valence electrons. The summed E-state index contributed by atoms with van der Waals surface area (Å²) in [5, 5.41) is -0.320. The molecule has 24 heavy (non-hydrogen) atoms. The quantitative estimate of drug-likeness (QED) is 0.917. The highest BCUT2D eigenvalue weighted by Crippen LogP contribution is 2.22. The van der Waals surface area contributed by atoms with Gasteiger partial charge in [0.2, 0.25) is 0 Å². The van der Waals surface area contributed by atoms with Crippen LogP contribution in [0.15, 0.2) is 24.5 Å². The average Bonchev–Trinajstić information content (AvgIpc) is 3.00. The van der Waals surface area contributed by atoms with Gasteiger partial charge in [0.25, 0.3) is 5.91 Å². The molecule has 1 aromatic heterocycles. The summed E-state index contributed by atoms with van der Waals surface area (Å²) in [4.78, 5) is 21.5. The van der Waals surface area contributed by atoms with Crippen molar-refractivity contribution in [2.24, 2.45) is 5.92 Å². The third-order valence-electron chi connectivity index (χ3n) is 4.47. The van der Waals surface area contributed by atoms with Crippen LogP contribution in [0.2, 0.25) is 0 Å². The molecular weight excluding hydrogens is 326 g/mol. The fraction of sp³-hybridized carbons (Fsp3) is 0.529. The van der Waals surface area contributed by atoms with Crippen LogP contribution in [0.3, 0.4) is 0 Å². The number of hydrogen-bond donors (Lipinski definition) is 1. The number of H-pyrrole nitrogens is 1. The molecule has 3 rings (SSSR count). The summed E-state index contributed by atoms with van der Waals surface area (Å²) in [7, 11) is -3.07. The van der Waals surface area contributed by atoms with E-state index in [9.17, 15) is 13.2 Å². The van der Waals surface area contributed by atoms with Gasteiger partial charge in [0, 0.05) is 18.7 Å². The Morgan fingerprint density at radius 3 is 2.71 bits per heavy atom. The molecule has 1 saturated heterocycles. The predicted molar refractivity (Wildman–Crippen MR) is 93.6 cm³/mol. The highest BCUT2D eigenvalue weighted by atomic mass is 32.2. The number of carbonyl (C=O) groups is 1. The molecule has 6 nitrogen and oxygen atoms in total. The van der Waals surface area contributed by atoms with E-state index in [-0.39, 0.29) is 22.8 Å². The van der Waals surface area contributed by atoms with Gasteiger partial charge in [-0.25, -0.2) is 13.4 Å². The topological polar surface area (TPSA) is 83.1 Å². The van der Waals surface area contributed by atoms with Gasteiger partial charge in [-0.2, -0.15) is 0 Å². The second kappa shape index (κ2) is 6.55. The molecule has 2 aromatic rings. The molecule has 0 spiro atoms. The van der Waals surface area contributed by atoms with Gasteiger partial charge < -0.3 is 9.88 Å². The summed E-state index contributed by atoms with van der Waals surface area (Å²) in [6, 6.07) is 5.39. The van der Waals surface area contributed by atoms with Crippen molar-refractivity contribution in [1.82, 2.24) is 14.9 Å². The van der Waals surface area contributed by atoms with Gasteiger partial charge in [-0.3, -0.25) is 4.79 Å². The first kappa shape index (κ1) is 17.0. The number of rotatable bonds is 4. The number of benzene rings is 1. The number of carbonyl (C=O) groups excluding carboxylic acids is 1. The summed E-state index contributed by atoms with van der Waals surface area (Å²) >= 11 is 0. The molecule has 1 aliphatic rings. The van der Waals surface area contributed by atoms with Crippen LogP contribution in [0.1, 0.15) is 37.0 Å². The van der Waals surface area contributed by atoms with Crippen LogP contribution in [0.4, 0.5) is 0 Å². The zero-order chi connectivity index (χ0) is 17.3. The van der Waals surface area contributed by atoms with Crippen LogP contribution in [-0.4, -0.2) is 53.3 Å². The van der Waals surface area contributed by atoms with Gasteiger partial charge in [-0.05, 0) is 37.0 Å². The van der Waals surface area contributed by atoms with Crippen LogP contribution in [-0.2, 0) is 9.84 Å². The number of fused-ring (bicyclic) bond motifs is 1. The second-order valence-electron chi connectivity index (χ2n) is 6.85. The van der Waals surface area contributed by atoms with Crippen LogP contribution in [0.5, 0.6) is 0 Å². The van der Waals surface area contributed by atoms with Crippen LogP contribution >= 0.6 is 0 Å². The van der Waals surface area contributed by atoms with Gasteiger partial charge in [0.15, 0.2) is 9.84 Å². The van der Waals surface area contributed by atoms with Crippen molar-refractivity contribution in [1.29, 1.82) is 0 Å². The first-order valence-electron chi connectivity index (χ1n) is 8.31. The van der Waals surface area contributed by atoms with E-state index in [4.69, 9.17) is 0 Å². The van der Waals surface area contributed by atoms with Gasteiger partial charge in [-0.15, -0.1) is 0 Å². The van der Waals surface area contributed by atoms with Crippen LogP contribution in [0, 0.1) is 5.92 Å². The number of piperidine rings is 1. The van der Waals surface area contributed by atoms with E-state index in [1.165, 1.54) is 0 Å². The summed E-state index contributed by atoms with van der Waals surface area (Å²) in [6.07, 6.45) is 2.64. The monoisotopic (exact) mass is 349 g/mol. The molecule has 2 heterocycles. The molecule has 0 bridgehead atoms. The molecule has 1 aliphatic heterocycles. The van der Waals surface area contributed by atoms with Gasteiger partial charge in [0.05, 0.1) is 28.4 Å². The van der Waals surface area contributed by atoms with E-state index >= 15 is 0 Å². The van der Waals surface area contributed by atoms with Crippen molar-refractivity contribution in [2.45, 2.75) is 31.9 Å². The Morgan fingerprint density at radius 2 is 2.04 bits per heavy atom. The molecule has 0 aliphatic carbocycles. The fourth-order valence-corrected chi connectivity index (χ4v) is 5.40. The predicted octanol–water partition coefficient (Wildman–Crippen LogP) is 2.24. The van der Waals surface area contributed by atoms with Crippen molar-refractivity contribution >= 4 is 26.8 Å². The number of hydrogen-bond acceptors (Lipinski definition) is 4. The number of nitrogens with zero attached hydrogens (tertiary/aromatic N) is 2. The third-order valence-corrected chi connectivity index (χ3v) is 7.09. The van der Waals surface area contributed by atoms with E-state index in [1.807, 2.05) is 19.9 Å². The highest BCUT2D eigenvalue weighted by Gasteiger charge is 2.32. The first-order valence-corrected chi connectivity index (χ1v) is 10.0. The summed E-state index contributed by atoms with van der Waals surface area (Å²) < 4.78 is 24.7. The lowest BCUT2D eigenvalue weighted by atomic mass is 10.1. The number of nitrogens with one attached hydrogen (secondary N) is 1. The molecule has 0 unspecified atom stereocenters. The Balaban J connectivity index is 1.66. The summed E-state index contributed by atoms with van der Waals surface area (Å²) in [5.41, 5.74) is 2.26. The minimum atomic E-state index is -3.07. The highest BCUT2D eigenvalue weighted by molar-refractivity contribution is 7.92. The lowest BCUT2D eigenvalue weighted by Gasteiger charge is -2.32. The minimum absolute atomic E-state index is 0.0498. The zero-order valence-electron chi connectivity index (χ0n) is 14.0. The Kier molecular flexibility index (Phi) is 4.62. The molecule has 1 aromatic carbocycles. The molecule has 1 fully saturated rings. The number of sulfone groups is 1. The van der Waals surface area contributed by atoms with E-state index in [0.717, 1.165) is 11.0 Å². The number of aromatic amines is 1. The maximum absolute atomic E-state index is 12.6. The van der Waals surface area contributed by atoms with Crippen molar-refractivity contribution < 1.29 is 13.2 Å². The van der Waals surface area contributed by atoms with Gasteiger partial charge >= 0.3 is 0 Å². The standard InChI is InChI=1S/C17H23N3O3S/c1-12(2)10-24(22,23)14-5-7-20(8-6-14)17(21)13-3-4-15-16(9-13)19-11-18-15/h3-4,9,11-12,14H,5-8,10H2,1-2H3,(H,18,19). The van der Waals surface area contributed by atoms with Crippen molar-refractivity contribution in [3.05, 3.63) is 30.1 Å². The van der Waals surface area contributed by atoms with E-state index < -0.39 is 9.84 Å². The maximum Gasteiger partial charge on any atom is 0.253 e. The fourth-order valence-electron chi connectivity index (χ4n) is 3.27. The Bertz CT molecular complexity index is 834. The third kappa shape index (κ3) is 3.45. The van der Waals surface area contributed by atoms with E-state index in [0.29, 0.717) is 31.5 Å². The van der Waals surface area contributed by atoms with Crippen molar-refractivity contribution in [2.75, 3.05) is 18.8 Å². The zero-order valence-corrected chi connectivity index (χ0v) is 14.8. The molecular formula is C17H23N3O3S. The minimum Gasteiger partial charge on any atom is -0.345 e. The Labute approximate surface area is 142 Å². The lowest BCUT2D eigenvalue weighted by Crippen LogP contribution is -2.43. The lowest BCUT2D eigenvalue weighted by molar-refractivity contribution is 0.0725. The average molecular weight is 349 g/mol. The van der Waals surface area contributed by atoms with E-state index in [2.05, 4.69) is 9.97 Å². The first-order chi connectivity index (χ1) is 11.4. The molecule has 0 atom stereocenters. The Hall–Kier alpha value is -1.89. The van der Waals surface area contributed by atoms with Gasteiger partial charge in [0.1, 0.15) is 0 Å². The number of likely N-dealkylation sites (tertiary alicyclic amines) is 1. The molecule has 0 saturated carbocycles. The summed E-state index contributed by atoms with van der Waals surface area (Å²) in [6.45, 7) is 4.81. The normalized spacial score (nSPS) is 16.9.